The van der Waals surface area contributed by atoms with Crippen LogP contribution in [0.1, 0.15) is 27.9 Å². The lowest BCUT2D eigenvalue weighted by molar-refractivity contribution is 0.0641. The van der Waals surface area contributed by atoms with Crippen LogP contribution >= 0.6 is 11.3 Å². The number of rotatable bonds is 2. The highest BCUT2D eigenvalue weighted by Crippen LogP contribution is 2.18. The molecule has 0 N–H and O–H groups in total. The molecule has 0 atom stereocenters. The summed E-state index contributed by atoms with van der Waals surface area (Å²) in [5.41, 5.74) is 0.779. The number of hydrogen-bond donors (Lipinski definition) is 0. The van der Waals surface area contributed by atoms with Gasteiger partial charge in [-0.25, -0.2) is 4.98 Å². The van der Waals surface area contributed by atoms with Gasteiger partial charge in [0.05, 0.1) is 0 Å². The predicted octanol–water partition coefficient (Wildman–Crippen LogP) is 1.15. The van der Waals surface area contributed by atoms with Gasteiger partial charge in [-0.2, -0.15) is 0 Å². The van der Waals surface area contributed by atoms with E-state index in [1.165, 1.54) is 17.5 Å². The molecule has 2 aromatic heterocycles. The number of nitrogens with zero attached hydrogens (tertiary/aromatic N) is 4. The van der Waals surface area contributed by atoms with E-state index in [4.69, 9.17) is 0 Å². The number of hydrogen-bond acceptors (Lipinski definition) is 5. The smallest absolute Gasteiger partial charge is 0.271 e. The Labute approximate surface area is 133 Å². The maximum Gasteiger partial charge on any atom is 0.271 e. The molecule has 22 heavy (non-hydrogen) atoms. The maximum atomic E-state index is 12.6. The highest BCUT2D eigenvalue weighted by Gasteiger charge is 2.24. The lowest BCUT2D eigenvalue weighted by atomic mass is 10.2. The molecule has 0 spiro atoms. The van der Waals surface area contributed by atoms with Crippen molar-refractivity contribution in [2.45, 2.75) is 20.8 Å². The van der Waals surface area contributed by atoms with Crippen molar-refractivity contribution in [3.63, 3.8) is 0 Å². The van der Waals surface area contributed by atoms with E-state index in [1.54, 1.807) is 9.30 Å². The van der Waals surface area contributed by atoms with Crippen molar-refractivity contribution in [3.05, 3.63) is 32.7 Å². The molecule has 0 aliphatic carbocycles. The Bertz CT molecular complexity index is 772. The van der Waals surface area contributed by atoms with Crippen LogP contribution in [0, 0.1) is 13.8 Å². The van der Waals surface area contributed by atoms with Crippen LogP contribution in [-0.2, 0) is 0 Å². The molecule has 0 aromatic carbocycles. The fourth-order valence-corrected chi connectivity index (χ4v) is 3.69. The van der Waals surface area contributed by atoms with E-state index in [-0.39, 0.29) is 17.0 Å². The zero-order chi connectivity index (χ0) is 15.9. The Balaban J connectivity index is 1.93. The van der Waals surface area contributed by atoms with E-state index in [1.807, 2.05) is 13.8 Å². The fraction of sp³-hybridized carbons (Fsp3) is 0.533. The number of aryl methyl sites for hydroxylation is 2. The van der Waals surface area contributed by atoms with Crippen molar-refractivity contribution in [3.8, 4) is 0 Å². The van der Waals surface area contributed by atoms with E-state index < -0.39 is 0 Å². The lowest BCUT2D eigenvalue weighted by Crippen LogP contribution is -2.49. The van der Waals surface area contributed by atoms with E-state index in [0.29, 0.717) is 18.1 Å². The Morgan fingerprint density at radius 3 is 2.59 bits per heavy atom. The van der Waals surface area contributed by atoms with Crippen molar-refractivity contribution in [2.24, 2.45) is 0 Å². The van der Waals surface area contributed by atoms with Crippen molar-refractivity contribution in [1.29, 1.82) is 0 Å². The Hall–Kier alpha value is -1.73. The topological polar surface area (TPSA) is 57.9 Å². The first-order chi connectivity index (χ1) is 10.5. The molecule has 0 bridgehead atoms. The summed E-state index contributed by atoms with van der Waals surface area (Å²) in [7, 11) is 0. The predicted molar refractivity (Wildman–Crippen MR) is 86.8 cm³/mol. The molecule has 1 saturated heterocycles. The third kappa shape index (κ3) is 2.44. The van der Waals surface area contributed by atoms with E-state index >= 15 is 0 Å². The van der Waals surface area contributed by atoms with E-state index in [0.717, 1.165) is 30.2 Å². The minimum absolute atomic E-state index is 0.170. The molecular formula is C15H20N4O2S. The Morgan fingerprint density at radius 2 is 1.95 bits per heavy atom. The first-order valence-corrected chi connectivity index (χ1v) is 8.34. The van der Waals surface area contributed by atoms with Crippen molar-refractivity contribution < 1.29 is 4.79 Å². The summed E-state index contributed by atoms with van der Waals surface area (Å²) >= 11 is 1.47. The van der Waals surface area contributed by atoms with Crippen molar-refractivity contribution in [2.75, 3.05) is 32.7 Å². The van der Waals surface area contributed by atoms with Gasteiger partial charge in [-0.1, -0.05) is 6.92 Å². The minimum Gasteiger partial charge on any atom is -0.336 e. The standard InChI is InChI=1S/C15H20N4O2S/c1-4-17-5-7-18(8-6-17)13(20)12-9-16-15-19(14(12)21)10(2)11(3)22-15/h9H,4-8H2,1-3H3. The zero-order valence-electron chi connectivity index (χ0n) is 13.1. The number of likely N-dealkylation sites (N-methyl/N-ethyl adjacent to an activating group) is 1. The number of thiazole rings is 1. The number of aromatic nitrogens is 2. The van der Waals surface area contributed by atoms with Gasteiger partial charge in [-0.3, -0.25) is 14.0 Å². The number of piperazine rings is 1. The van der Waals surface area contributed by atoms with Crippen molar-refractivity contribution >= 4 is 22.2 Å². The zero-order valence-corrected chi connectivity index (χ0v) is 13.9. The number of carbonyl (C=O) groups is 1. The van der Waals surface area contributed by atoms with E-state index in [9.17, 15) is 9.59 Å². The summed E-state index contributed by atoms with van der Waals surface area (Å²) in [4.78, 5) is 35.3. The largest absolute Gasteiger partial charge is 0.336 e. The number of carbonyl (C=O) groups excluding carboxylic acids is 1. The monoisotopic (exact) mass is 320 g/mol. The van der Waals surface area contributed by atoms with Crippen LogP contribution < -0.4 is 5.56 Å². The molecule has 1 aliphatic rings. The van der Waals surface area contributed by atoms with Crippen molar-refractivity contribution in [1.82, 2.24) is 19.2 Å². The maximum absolute atomic E-state index is 12.6. The molecule has 0 unspecified atom stereocenters. The second-order valence-corrected chi connectivity index (χ2v) is 6.75. The van der Waals surface area contributed by atoms with Crippen LogP contribution in [0.5, 0.6) is 0 Å². The lowest BCUT2D eigenvalue weighted by Gasteiger charge is -2.33. The molecule has 6 nitrogen and oxygen atoms in total. The summed E-state index contributed by atoms with van der Waals surface area (Å²) in [6, 6.07) is 0. The number of amides is 1. The normalized spacial score (nSPS) is 16.4. The average Bonchev–Trinajstić information content (AvgIpc) is 2.83. The number of fused-ring (bicyclic) bond motifs is 1. The third-order valence-electron chi connectivity index (χ3n) is 4.36. The summed E-state index contributed by atoms with van der Waals surface area (Å²) in [6.07, 6.45) is 1.43. The van der Waals surface area contributed by atoms with Crippen LogP contribution in [0.15, 0.2) is 11.0 Å². The molecule has 7 heteroatoms. The van der Waals surface area contributed by atoms with Gasteiger partial charge in [-0.15, -0.1) is 11.3 Å². The van der Waals surface area contributed by atoms with Crippen LogP contribution in [0.3, 0.4) is 0 Å². The van der Waals surface area contributed by atoms with Crippen LogP contribution in [-0.4, -0.2) is 57.8 Å². The van der Waals surface area contributed by atoms with Gasteiger partial charge >= 0.3 is 0 Å². The molecule has 2 aromatic rings. The highest BCUT2D eigenvalue weighted by atomic mass is 32.1. The Morgan fingerprint density at radius 1 is 1.27 bits per heavy atom. The molecular weight excluding hydrogens is 300 g/mol. The minimum atomic E-state index is -0.255. The molecule has 118 valence electrons. The summed E-state index contributed by atoms with van der Waals surface area (Å²) in [5.74, 6) is -0.203. The third-order valence-corrected chi connectivity index (χ3v) is 5.43. The van der Waals surface area contributed by atoms with Gasteiger partial charge in [-0.05, 0) is 20.4 Å². The molecule has 1 aliphatic heterocycles. The van der Waals surface area contributed by atoms with Gasteiger partial charge in [0.2, 0.25) is 0 Å². The van der Waals surface area contributed by atoms with Gasteiger partial charge < -0.3 is 9.80 Å². The molecule has 3 rings (SSSR count). The summed E-state index contributed by atoms with van der Waals surface area (Å²) in [6.45, 7) is 9.99. The van der Waals surface area contributed by atoms with Gasteiger partial charge in [0.25, 0.3) is 11.5 Å². The average molecular weight is 320 g/mol. The highest BCUT2D eigenvalue weighted by molar-refractivity contribution is 7.17. The van der Waals surface area contributed by atoms with Gasteiger partial charge in [0.1, 0.15) is 5.56 Å². The quantitative estimate of drug-likeness (QED) is 0.833. The Kier molecular flexibility index (Phi) is 4.01. The summed E-state index contributed by atoms with van der Waals surface area (Å²) in [5, 5.41) is 0. The van der Waals surface area contributed by atoms with Crippen LogP contribution in [0.4, 0.5) is 0 Å². The molecule has 1 fully saturated rings. The first kappa shape index (κ1) is 15.2. The van der Waals surface area contributed by atoms with E-state index in [2.05, 4.69) is 16.8 Å². The SMILES string of the molecule is CCN1CCN(C(=O)c2cnc3sc(C)c(C)n3c2=O)CC1. The van der Waals surface area contributed by atoms with Crippen LogP contribution in [0.25, 0.3) is 4.96 Å². The second-order valence-electron chi connectivity index (χ2n) is 5.57. The van der Waals surface area contributed by atoms with Crippen LogP contribution in [0.2, 0.25) is 0 Å². The second kappa shape index (κ2) is 5.81. The van der Waals surface area contributed by atoms with Gasteiger partial charge in [0, 0.05) is 42.9 Å². The summed E-state index contributed by atoms with van der Waals surface area (Å²) < 4.78 is 1.55. The molecule has 0 radical (unpaired) electrons. The molecule has 3 heterocycles. The molecule has 0 saturated carbocycles. The first-order valence-electron chi connectivity index (χ1n) is 7.52. The fourth-order valence-electron chi connectivity index (χ4n) is 2.76. The van der Waals surface area contributed by atoms with Gasteiger partial charge in [0.15, 0.2) is 4.96 Å². The molecule has 1 amide bonds.